The molecule has 1 aliphatic heterocycles. The molecule has 0 radical (unpaired) electrons. The number of carbonyl (C=O) groups is 1. The normalized spacial score (nSPS) is 15.0. The van der Waals surface area contributed by atoms with Gasteiger partial charge in [0.25, 0.3) is 5.91 Å². The number of hydrogen-bond acceptors (Lipinski definition) is 3. The van der Waals surface area contributed by atoms with E-state index in [0.717, 1.165) is 29.7 Å². The molecule has 1 amide bonds. The molecule has 0 aliphatic carbocycles. The standard InChI is InChI=1S/C26H27Cl2N3O/c1-6-9-31-24-10-16(2)18(12-21(24)17(3)14-26(31,4)5)11-19(15-29)25(32)30-20-7-8-22(27)23(28)13-20/h7-8,10-14H,6,9H2,1-5H3,(H,30,32)/b19-11+. The van der Waals surface area contributed by atoms with Gasteiger partial charge in [0.1, 0.15) is 11.6 Å². The van der Waals surface area contributed by atoms with E-state index in [-0.39, 0.29) is 11.1 Å². The number of fused-ring (bicyclic) bond motifs is 1. The van der Waals surface area contributed by atoms with Gasteiger partial charge in [0.15, 0.2) is 0 Å². The predicted octanol–water partition coefficient (Wildman–Crippen LogP) is 7.26. The summed E-state index contributed by atoms with van der Waals surface area (Å²) in [5.41, 5.74) is 5.76. The molecule has 32 heavy (non-hydrogen) atoms. The summed E-state index contributed by atoms with van der Waals surface area (Å²) < 4.78 is 0. The van der Waals surface area contributed by atoms with E-state index in [9.17, 15) is 10.1 Å². The highest BCUT2D eigenvalue weighted by molar-refractivity contribution is 6.42. The Bertz CT molecular complexity index is 1170. The molecule has 2 aromatic carbocycles. The highest BCUT2D eigenvalue weighted by Gasteiger charge is 2.31. The molecule has 1 heterocycles. The fourth-order valence-corrected chi connectivity index (χ4v) is 4.41. The molecule has 3 rings (SSSR count). The Morgan fingerprint density at radius 2 is 1.91 bits per heavy atom. The number of halogens is 2. The van der Waals surface area contributed by atoms with Crippen molar-refractivity contribution in [1.82, 2.24) is 0 Å². The van der Waals surface area contributed by atoms with Crippen molar-refractivity contribution in [3.05, 3.63) is 68.7 Å². The Morgan fingerprint density at radius 3 is 2.53 bits per heavy atom. The number of allylic oxidation sites excluding steroid dienone is 1. The van der Waals surface area contributed by atoms with Gasteiger partial charge in [-0.2, -0.15) is 5.26 Å². The van der Waals surface area contributed by atoms with E-state index in [4.69, 9.17) is 23.2 Å². The molecular weight excluding hydrogens is 441 g/mol. The first-order chi connectivity index (χ1) is 15.1. The summed E-state index contributed by atoms with van der Waals surface area (Å²) in [6.45, 7) is 11.7. The van der Waals surface area contributed by atoms with E-state index < -0.39 is 5.91 Å². The highest BCUT2D eigenvalue weighted by Crippen LogP contribution is 2.40. The van der Waals surface area contributed by atoms with Gasteiger partial charge < -0.3 is 10.2 Å². The molecule has 1 aliphatic rings. The molecule has 6 heteroatoms. The van der Waals surface area contributed by atoms with Crippen LogP contribution in [0.4, 0.5) is 11.4 Å². The molecule has 4 nitrogen and oxygen atoms in total. The fourth-order valence-electron chi connectivity index (χ4n) is 4.11. The van der Waals surface area contributed by atoms with Crippen molar-refractivity contribution in [3.8, 4) is 6.07 Å². The van der Waals surface area contributed by atoms with Gasteiger partial charge >= 0.3 is 0 Å². The van der Waals surface area contributed by atoms with Crippen molar-refractivity contribution in [1.29, 1.82) is 5.26 Å². The van der Waals surface area contributed by atoms with E-state index in [1.165, 1.54) is 11.3 Å². The molecule has 0 atom stereocenters. The van der Waals surface area contributed by atoms with E-state index in [0.29, 0.717) is 15.7 Å². The monoisotopic (exact) mass is 467 g/mol. The van der Waals surface area contributed by atoms with Gasteiger partial charge in [0, 0.05) is 23.5 Å². The van der Waals surface area contributed by atoms with Gasteiger partial charge in [-0.1, -0.05) is 36.2 Å². The second-order valence-electron chi connectivity index (χ2n) is 8.61. The summed E-state index contributed by atoms with van der Waals surface area (Å²) >= 11 is 12.0. The van der Waals surface area contributed by atoms with Crippen molar-refractivity contribution >= 4 is 52.1 Å². The fraction of sp³-hybridized carbons (Fsp3) is 0.308. The first kappa shape index (κ1) is 23.9. The molecule has 166 valence electrons. The molecule has 0 aromatic heterocycles. The Kier molecular flexibility index (Phi) is 7.03. The van der Waals surface area contributed by atoms with Gasteiger partial charge in [-0.25, -0.2) is 0 Å². The third-order valence-corrected chi connectivity index (χ3v) is 6.39. The van der Waals surface area contributed by atoms with Crippen molar-refractivity contribution < 1.29 is 4.79 Å². The molecular formula is C26H27Cl2N3O. The summed E-state index contributed by atoms with van der Waals surface area (Å²) in [7, 11) is 0. The van der Waals surface area contributed by atoms with Crippen LogP contribution in [0.2, 0.25) is 10.0 Å². The van der Waals surface area contributed by atoms with E-state index in [1.807, 2.05) is 13.0 Å². The van der Waals surface area contributed by atoms with Crippen molar-refractivity contribution in [3.63, 3.8) is 0 Å². The molecule has 0 unspecified atom stereocenters. The second-order valence-corrected chi connectivity index (χ2v) is 9.43. The Hall–Kier alpha value is -2.74. The quantitative estimate of drug-likeness (QED) is 0.371. The minimum Gasteiger partial charge on any atom is -0.362 e. The number of nitrogens with zero attached hydrogens (tertiary/aromatic N) is 2. The molecule has 0 fully saturated rings. The van der Waals surface area contributed by atoms with Gasteiger partial charge in [-0.15, -0.1) is 0 Å². The third-order valence-electron chi connectivity index (χ3n) is 5.65. The van der Waals surface area contributed by atoms with Crippen LogP contribution >= 0.6 is 23.2 Å². The molecule has 0 bridgehead atoms. The van der Waals surface area contributed by atoms with Crippen LogP contribution in [-0.4, -0.2) is 18.0 Å². The predicted molar refractivity (Wildman–Crippen MR) is 135 cm³/mol. The number of nitrogens with one attached hydrogen (secondary N) is 1. The average Bonchev–Trinajstić information content (AvgIpc) is 2.72. The van der Waals surface area contributed by atoms with Gasteiger partial charge in [-0.3, -0.25) is 4.79 Å². The summed E-state index contributed by atoms with van der Waals surface area (Å²) in [6, 6.07) is 11.0. The molecule has 0 spiro atoms. The zero-order chi connectivity index (χ0) is 23.6. The molecule has 2 aromatic rings. The van der Waals surface area contributed by atoms with Gasteiger partial charge in [-0.05, 0) is 87.2 Å². The number of benzene rings is 2. The maximum absolute atomic E-state index is 12.7. The van der Waals surface area contributed by atoms with Crippen LogP contribution in [0.3, 0.4) is 0 Å². The Morgan fingerprint density at radius 1 is 1.19 bits per heavy atom. The van der Waals surface area contributed by atoms with E-state index >= 15 is 0 Å². The SMILES string of the molecule is CCCN1c2cc(C)c(/C=C(\C#N)C(=O)Nc3ccc(Cl)c(Cl)c3)cc2C(C)=CC1(C)C. The molecule has 0 saturated carbocycles. The maximum Gasteiger partial charge on any atom is 0.266 e. The first-order valence-electron chi connectivity index (χ1n) is 10.6. The zero-order valence-corrected chi connectivity index (χ0v) is 20.5. The summed E-state index contributed by atoms with van der Waals surface area (Å²) in [5.74, 6) is -0.496. The number of anilines is 2. The van der Waals surface area contributed by atoms with Crippen LogP contribution in [0, 0.1) is 18.3 Å². The molecule has 1 N–H and O–H groups in total. The first-order valence-corrected chi connectivity index (χ1v) is 11.3. The lowest BCUT2D eigenvalue weighted by Crippen LogP contribution is -2.45. The zero-order valence-electron chi connectivity index (χ0n) is 19.0. The Labute approximate surface area is 200 Å². The number of aryl methyl sites for hydroxylation is 1. The summed E-state index contributed by atoms with van der Waals surface area (Å²) in [4.78, 5) is 15.1. The third kappa shape index (κ3) is 4.85. The largest absolute Gasteiger partial charge is 0.362 e. The summed E-state index contributed by atoms with van der Waals surface area (Å²) in [5, 5.41) is 13.1. The molecule has 0 saturated heterocycles. The lowest BCUT2D eigenvalue weighted by molar-refractivity contribution is -0.112. The van der Waals surface area contributed by atoms with Crippen LogP contribution in [0.5, 0.6) is 0 Å². The number of carbonyl (C=O) groups excluding carboxylic acids is 1. The van der Waals surface area contributed by atoms with Crippen LogP contribution in [0.15, 0.2) is 42.0 Å². The number of nitriles is 1. The average molecular weight is 468 g/mol. The minimum absolute atomic E-state index is 0.0160. The smallest absolute Gasteiger partial charge is 0.266 e. The van der Waals surface area contributed by atoms with Crippen molar-refractivity contribution in [2.75, 3.05) is 16.8 Å². The number of hydrogen-bond donors (Lipinski definition) is 1. The van der Waals surface area contributed by atoms with Gasteiger partial charge in [0.05, 0.1) is 15.6 Å². The van der Waals surface area contributed by atoms with Crippen molar-refractivity contribution in [2.45, 2.75) is 46.6 Å². The lowest BCUT2D eigenvalue weighted by atomic mass is 9.86. The van der Waals surface area contributed by atoms with Crippen LogP contribution in [-0.2, 0) is 4.79 Å². The lowest BCUT2D eigenvalue weighted by Gasteiger charge is -2.43. The second kappa shape index (κ2) is 9.40. The maximum atomic E-state index is 12.7. The van der Waals surface area contributed by atoms with Crippen LogP contribution in [0.25, 0.3) is 11.6 Å². The number of rotatable bonds is 5. The highest BCUT2D eigenvalue weighted by atomic mass is 35.5. The van der Waals surface area contributed by atoms with Crippen LogP contribution < -0.4 is 10.2 Å². The van der Waals surface area contributed by atoms with Gasteiger partial charge in [0.2, 0.25) is 0 Å². The van der Waals surface area contributed by atoms with E-state index in [1.54, 1.807) is 24.3 Å². The van der Waals surface area contributed by atoms with Crippen molar-refractivity contribution in [2.24, 2.45) is 0 Å². The number of amides is 1. The van der Waals surface area contributed by atoms with E-state index in [2.05, 4.69) is 56.1 Å². The minimum atomic E-state index is -0.496. The summed E-state index contributed by atoms with van der Waals surface area (Å²) in [6.07, 6.45) is 4.96. The topological polar surface area (TPSA) is 56.1 Å². The van der Waals surface area contributed by atoms with Crippen LogP contribution in [0.1, 0.15) is 50.8 Å². The Balaban J connectivity index is 1.98.